The molecule has 0 radical (unpaired) electrons. The normalized spacial score (nSPS) is 24.7. The second kappa shape index (κ2) is 4.40. The number of aliphatic hydroxyl groups excluding tert-OH is 1. The van der Waals surface area contributed by atoms with Gasteiger partial charge in [-0.2, -0.15) is 0 Å². The molecule has 1 heterocycles. The Labute approximate surface area is 80.3 Å². The van der Waals surface area contributed by atoms with E-state index in [0.717, 1.165) is 26.1 Å². The summed E-state index contributed by atoms with van der Waals surface area (Å²) >= 11 is 0. The highest BCUT2D eigenvalue weighted by atomic mass is 16.5. The number of rotatable bonds is 3. The van der Waals surface area contributed by atoms with E-state index in [1.807, 2.05) is 13.8 Å². The molecule has 3 nitrogen and oxygen atoms in total. The van der Waals surface area contributed by atoms with Gasteiger partial charge in [0.1, 0.15) is 0 Å². The number of aliphatic hydroxyl groups is 1. The lowest BCUT2D eigenvalue weighted by molar-refractivity contribution is -0.0740. The molecule has 0 aliphatic carbocycles. The zero-order valence-electron chi connectivity index (χ0n) is 8.62. The lowest BCUT2D eigenvalue weighted by atomic mass is 9.72. The second-order valence-electron chi connectivity index (χ2n) is 4.37. The van der Waals surface area contributed by atoms with E-state index in [1.54, 1.807) is 0 Å². The van der Waals surface area contributed by atoms with Crippen LogP contribution in [0.25, 0.3) is 0 Å². The van der Waals surface area contributed by atoms with E-state index < -0.39 is 0 Å². The van der Waals surface area contributed by atoms with Crippen molar-refractivity contribution in [3.05, 3.63) is 0 Å². The fraction of sp³-hybridized carbons (Fsp3) is 1.00. The first-order valence-electron chi connectivity index (χ1n) is 5.08. The van der Waals surface area contributed by atoms with Crippen molar-refractivity contribution >= 4 is 0 Å². The Bertz CT molecular complexity index is 153. The van der Waals surface area contributed by atoms with Gasteiger partial charge in [-0.15, -0.1) is 0 Å². The Balaban J connectivity index is 2.66. The molecule has 1 aliphatic heterocycles. The van der Waals surface area contributed by atoms with Crippen LogP contribution in [0.5, 0.6) is 0 Å². The third kappa shape index (κ3) is 2.22. The maximum Gasteiger partial charge on any atom is 0.0633 e. The fourth-order valence-corrected chi connectivity index (χ4v) is 2.11. The van der Waals surface area contributed by atoms with Crippen molar-refractivity contribution in [2.45, 2.75) is 32.8 Å². The van der Waals surface area contributed by atoms with Gasteiger partial charge in [-0.05, 0) is 18.8 Å². The SMILES string of the molecule is CC(C)C(O)C1(CN)CCOCC1. The van der Waals surface area contributed by atoms with E-state index in [2.05, 4.69) is 0 Å². The fourth-order valence-electron chi connectivity index (χ4n) is 2.11. The van der Waals surface area contributed by atoms with Crippen LogP contribution in [-0.4, -0.2) is 31.0 Å². The summed E-state index contributed by atoms with van der Waals surface area (Å²) in [6, 6.07) is 0. The molecule has 3 heteroatoms. The zero-order valence-corrected chi connectivity index (χ0v) is 8.62. The highest BCUT2D eigenvalue weighted by Crippen LogP contribution is 2.36. The van der Waals surface area contributed by atoms with Gasteiger partial charge in [-0.25, -0.2) is 0 Å². The van der Waals surface area contributed by atoms with Crippen LogP contribution in [0.4, 0.5) is 0 Å². The van der Waals surface area contributed by atoms with Gasteiger partial charge in [-0.1, -0.05) is 13.8 Å². The van der Waals surface area contributed by atoms with Crippen LogP contribution in [0.3, 0.4) is 0 Å². The van der Waals surface area contributed by atoms with E-state index in [0.29, 0.717) is 6.54 Å². The molecule has 78 valence electrons. The largest absolute Gasteiger partial charge is 0.392 e. The first-order chi connectivity index (χ1) is 6.12. The molecule has 0 amide bonds. The van der Waals surface area contributed by atoms with Crippen molar-refractivity contribution in [1.29, 1.82) is 0 Å². The minimum atomic E-state index is -0.290. The van der Waals surface area contributed by atoms with E-state index in [1.165, 1.54) is 0 Å². The monoisotopic (exact) mass is 187 g/mol. The Morgan fingerprint density at radius 3 is 2.31 bits per heavy atom. The summed E-state index contributed by atoms with van der Waals surface area (Å²) in [5, 5.41) is 10.1. The third-order valence-corrected chi connectivity index (χ3v) is 3.15. The summed E-state index contributed by atoms with van der Waals surface area (Å²) < 4.78 is 5.29. The molecule has 0 aromatic rings. The molecule has 1 rings (SSSR count). The van der Waals surface area contributed by atoms with Gasteiger partial charge in [0.15, 0.2) is 0 Å². The molecule has 1 atom stereocenters. The summed E-state index contributed by atoms with van der Waals surface area (Å²) in [5.74, 6) is 0.279. The molecule has 0 aromatic carbocycles. The highest BCUT2D eigenvalue weighted by Gasteiger charge is 2.39. The van der Waals surface area contributed by atoms with Gasteiger partial charge in [0.2, 0.25) is 0 Å². The molecule has 1 unspecified atom stereocenters. The summed E-state index contributed by atoms with van der Waals surface area (Å²) in [6.45, 7) is 6.12. The standard InChI is InChI=1S/C10H21NO2/c1-8(2)9(12)10(7-11)3-5-13-6-4-10/h8-9,12H,3-7,11H2,1-2H3. The summed E-state index contributed by atoms with van der Waals surface area (Å²) in [7, 11) is 0. The molecule has 0 aromatic heterocycles. The van der Waals surface area contributed by atoms with Crippen molar-refractivity contribution in [2.75, 3.05) is 19.8 Å². The highest BCUT2D eigenvalue weighted by molar-refractivity contribution is 4.90. The van der Waals surface area contributed by atoms with Gasteiger partial charge < -0.3 is 15.6 Å². The van der Waals surface area contributed by atoms with Crippen LogP contribution in [0.15, 0.2) is 0 Å². The van der Waals surface area contributed by atoms with Gasteiger partial charge in [0.25, 0.3) is 0 Å². The number of ether oxygens (including phenoxy) is 1. The summed E-state index contributed by atoms with van der Waals surface area (Å²) in [5.41, 5.74) is 5.67. The van der Waals surface area contributed by atoms with Gasteiger partial charge in [0, 0.05) is 25.2 Å². The van der Waals surface area contributed by atoms with Crippen molar-refractivity contribution in [3.63, 3.8) is 0 Å². The van der Waals surface area contributed by atoms with Crippen LogP contribution in [-0.2, 0) is 4.74 Å². The zero-order chi connectivity index (χ0) is 9.90. The maximum atomic E-state index is 10.1. The predicted molar refractivity (Wildman–Crippen MR) is 52.4 cm³/mol. The minimum Gasteiger partial charge on any atom is -0.392 e. The lowest BCUT2D eigenvalue weighted by Gasteiger charge is -2.41. The molecule has 3 N–H and O–H groups in total. The molecule has 1 saturated heterocycles. The second-order valence-corrected chi connectivity index (χ2v) is 4.37. The smallest absolute Gasteiger partial charge is 0.0633 e. The topological polar surface area (TPSA) is 55.5 Å². The van der Waals surface area contributed by atoms with Crippen molar-refractivity contribution < 1.29 is 9.84 Å². The third-order valence-electron chi connectivity index (χ3n) is 3.15. The Morgan fingerprint density at radius 2 is 1.92 bits per heavy atom. The van der Waals surface area contributed by atoms with E-state index in [4.69, 9.17) is 10.5 Å². The summed E-state index contributed by atoms with van der Waals surface area (Å²) in [4.78, 5) is 0. The Hall–Kier alpha value is -0.120. The van der Waals surface area contributed by atoms with E-state index in [9.17, 15) is 5.11 Å². The average Bonchev–Trinajstić information content (AvgIpc) is 2.17. The molecule has 13 heavy (non-hydrogen) atoms. The molecule has 0 spiro atoms. The predicted octanol–water partition coefficient (Wildman–Crippen LogP) is 0.759. The van der Waals surface area contributed by atoms with Crippen LogP contribution < -0.4 is 5.73 Å². The van der Waals surface area contributed by atoms with Gasteiger partial charge in [0.05, 0.1) is 6.10 Å². The minimum absolute atomic E-state index is 0.0909. The van der Waals surface area contributed by atoms with Crippen molar-refractivity contribution in [1.82, 2.24) is 0 Å². The van der Waals surface area contributed by atoms with Crippen LogP contribution >= 0.6 is 0 Å². The van der Waals surface area contributed by atoms with Crippen LogP contribution in [0.2, 0.25) is 0 Å². The molecule has 0 bridgehead atoms. The van der Waals surface area contributed by atoms with Crippen molar-refractivity contribution in [2.24, 2.45) is 17.1 Å². The number of hydrogen-bond donors (Lipinski definition) is 2. The van der Waals surface area contributed by atoms with Gasteiger partial charge >= 0.3 is 0 Å². The molecule has 1 aliphatic rings. The molecule has 0 saturated carbocycles. The van der Waals surface area contributed by atoms with E-state index >= 15 is 0 Å². The van der Waals surface area contributed by atoms with Gasteiger partial charge in [-0.3, -0.25) is 0 Å². The number of nitrogens with two attached hydrogens (primary N) is 1. The molecule has 1 fully saturated rings. The first kappa shape index (κ1) is 11.0. The van der Waals surface area contributed by atoms with E-state index in [-0.39, 0.29) is 17.4 Å². The quantitative estimate of drug-likeness (QED) is 0.686. The average molecular weight is 187 g/mol. The first-order valence-corrected chi connectivity index (χ1v) is 5.08. The summed E-state index contributed by atoms with van der Waals surface area (Å²) in [6.07, 6.45) is 1.49. The molecular formula is C10H21NO2. The Morgan fingerprint density at radius 1 is 1.38 bits per heavy atom. The van der Waals surface area contributed by atoms with Crippen molar-refractivity contribution in [3.8, 4) is 0 Å². The number of hydrogen-bond acceptors (Lipinski definition) is 3. The molecular weight excluding hydrogens is 166 g/mol. The van der Waals surface area contributed by atoms with Crippen LogP contribution in [0, 0.1) is 11.3 Å². The maximum absolute atomic E-state index is 10.1. The lowest BCUT2D eigenvalue weighted by Crippen LogP contribution is -2.48. The van der Waals surface area contributed by atoms with Crippen LogP contribution in [0.1, 0.15) is 26.7 Å². The Kier molecular flexibility index (Phi) is 3.71.